The van der Waals surface area contributed by atoms with Gasteiger partial charge in [0.05, 0.1) is 6.04 Å². The molecule has 0 aromatic carbocycles. The van der Waals surface area contributed by atoms with Crippen molar-refractivity contribution in [3.63, 3.8) is 0 Å². The fourth-order valence-corrected chi connectivity index (χ4v) is 2.39. The van der Waals surface area contributed by atoms with Gasteiger partial charge in [-0.3, -0.25) is 9.48 Å². The number of thiophene rings is 1. The van der Waals surface area contributed by atoms with Crippen molar-refractivity contribution in [2.45, 2.75) is 6.04 Å². The third-order valence-corrected chi connectivity index (χ3v) is 3.24. The Morgan fingerprint density at radius 1 is 1.67 bits per heavy atom. The van der Waals surface area contributed by atoms with E-state index < -0.39 is 0 Å². The zero-order valence-corrected chi connectivity index (χ0v) is 10.9. The maximum atomic E-state index is 11.4. The van der Waals surface area contributed by atoms with Crippen molar-refractivity contribution < 1.29 is 9.53 Å². The first-order valence-corrected chi connectivity index (χ1v) is 6.52. The van der Waals surface area contributed by atoms with Crippen molar-refractivity contribution in [2.24, 2.45) is 0 Å². The van der Waals surface area contributed by atoms with Gasteiger partial charge in [-0.05, 0) is 28.5 Å². The Morgan fingerprint density at radius 3 is 3.17 bits per heavy atom. The van der Waals surface area contributed by atoms with Crippen LogP contribution in [0.5, 0.6) is 0 Å². The summed E-state index contributed by atoms with van der Waals surface area (Å²) >= 11 is 1.63. The van der Waals surface area contributed by atoms with Crippen LogP contribution in [0.3, 0.4) is 0 Å². The molecule has 0 spiro atoms. The first-order valence-electron chi connectivity index (χ1n) is 5.58. The lowest BCUT2D eigenvalue weighted by Crippen LogP contribution is -2.33. The minimum absolute atomic E-state index is 0.0204. The summed E-state index contributed by atoms with van der Waals surface area (Å²) in [5.41, 5.74) is 1.14. The third kappa shape index (κ3) is 3.18. The molecular formula is C12H15N3O2S. The fourth-order valence-electron chi connectivity index (χ4n) is 1.69. The smallest absolute Gasteiger partial charge is 0.246 e. The normalized spacial score (nSPS) is 12.3. The summed E-state index contributed by atoms with van der Waals surface area (Å²) in [5.74, 6) is -0.120. The van der Waals surface area contributed by atoms with Gasteiger partial charge in [-0.1, -0.05) is 0 Å². The second-order valence-corrected chi connectivity index (χ2v) is 4.58. The molecule has 2 heterocycles. The highest BCUT2D eigenvalue weighted by molar-refractivity contribution is 7.07. The summed E-state index contributed by atoms with van der Waals surface area (Å²) in [4.78, 5) is 11.4. The number of ether oxygens (including phenoxy) is 1. The molecule has 1 N–H and O–H groups in total. The Balaban J connectivity index is 2.05. The topological polar surface area (TPSA) is 56.1 Å². The molecule has 96 valence electrons. The van der Waals surface area contributed by atoms with Crippen molar-refractivity contribution in [3.05, 3.63) is 40.8 Å². The van der Waals surface area contributed by atoms with Crippen LogP contribution < -0.4 is 5.32 Å². The predicted octanol–water partition coefficient (Wildman–Crippen LogP) is 1.30. The molecule has 5 nitrogen and oxygen atoms in total. The van der Waals surface area contributed by atoms with E-state index in [1.54, 1.807) is 17.5 Å². The molecule has 2 aromatic heterocycles. The van der Waals surface area contributed by atoms with Gasteiger partial charge in [0.2, 0.25) is 5.91 Å². The molecule has 0 bridgehead atoms. The lowest BCUT2D eigenvalue weighted by atomic mass is 10.1. The minimum Gasteiger partial charge on any atom is -0.375 e. The maximum Gasteiger partial charge on any atom is 0.246 e. The molecule has 0 unspecified atom stereocenters. The average molecular weight is 265 g/mol. The number of hydrogen-bond donors (Lipinski definition) is 1. The van der Waals surface area contributed by atoms with Crippen molar-refractivity contribution in [1.82, 2.24) is 15.1 Å². The molecular weight excluding hydrogens is 250 g/mol. The summed E-state index contributed by atoms with van der Waals surface area (Å²) in [7, 11) is 1.50. The van der Waals surface area contributed by atoms with Gasteiger partial charge < -0.3 is 10.1 Å². The van der Waals surface area contributed by atoms with E-state index in [1.807, 2.05) is 28.4 Å². The highest BCUT2D eigenvalue weighted by Crippen LogP contribution is 2.19. The van der Waals surface area contributed by atoms with Crippen molar-refractivity contribution in [2.75, 3.05) is 20.3 Å². The number of aromatic nitrogens is 2. The highest BCUT2D eigenvalue weighted by Gasteiger charge is 2.15. The number of carbonyl (C=O) groups excluding carboxylic acids is 1. The van der Waals surface area contributed by atoms with Crippen LogP contribution in [0.4, 0.5) is 0 Å². The van der Waals surface area contributed by atoms with E-state index in [9.17, 15) is 4.79 Å². The number of methoxy groups -OCH3 is 1. The quantitative estimate of drug-likeness (QED) is 0.856. The van der Waals surface area contributed by atoms with E-state index in [-0.39, 0.29) is 18.6 Å². The van der Waals surface area contributed by atoms with Gasteiger partial charge >= 0.3 is 0 Å². The lowest BCUT2D eigenvalue weighted by molar-refractivity contribution is -0.124. The van der Waals surface area contributed by atoms with E-state index >= 15 is 0 Å². The molecule has 0 saturated carbocycles. The maximum absolute atomic E-state index is 11.4. The summed E-state index contributed by atoms with van der Waals surface area (Å²) in [6, 6.07) is 3.93. The molecule has 2 rings (SSSR count). The standard InChI is InChI=1S/C12H15N3O2S/c1-17-8-12(16)13-7-11(10-3-6-18-9-10)15-5-2-4-14-15/h2-6,9,11H,7-8H2,1H3,(H,13,16)/t11-/m1/s1. The molecule has 6 heteroatoms. The molecule has 1 atom stereocenters. The van der Waals surface area contributed by atoms with Crippen LogP contribution in [-0.4, -0.2) is 35.9 Å². The third-order valence-electron chi connectivity index (χ3n) is 2.54. The number of amides is 1. The summed E-state index contributed by atoms with van der Waals surface area (Å²) in [6.07, 6.45) is 3.63. The van der Waals surface area contributed by atoms with Crippen molar-refractivity contribution >= 4 is 17.2 Å². The Labute approximate surface area is 109 Å². The number of carbonyl (C=O) groups is 1. The SMILES string of the molecule is COCC(=O)NC[C@H](c1ccsc1)n1cccn1. The molecule has 18 heavy (non-hydrogen) atoms. The van der Waals surface area contributed by atoms with Gasteiger partial charge in [0.25, 0.3) is 0 Å². The van der Waals surface area contributed by atoms with Gasteiger partial charge in [-0.2, -0.15) is 16.4 Å². The van der Waals surface area contributed by atoms with Gasteiger partial charge in [-0.15, -0.1) is 0 Å². The molecule has 0 aliphatic rings. The predicted molar refractivity (Wildman–Crippen MR) is 69.6 cm³/mol. The average Bonchev–Trinajstić information content (AvgIpc) is 3.02. The van der Waals surface area contributed by atoms with Crippen LogP contribution in [0.1, 0.15) is 11.6 Å². The number of nitrogens with one attached hydrogen (secondary N) is 1. The molecule has 0 aliphatic heterocycles. The molecule has 0 saturated heterocycles. The minimum atomic E-state index is -0.120. The highest BCUT2D eigenvalue weighted by atomic mass is 32.1. The Kier molecular flexibility index (Phi) is 4.49. The second kappa shape index (κ2) is 6.32. The zero-order chi connectivity index (χ0) is 12.8. The summed E-state index contributed by atoms with van der Waals surface area (Å²) in [5, 5.41) is 11.2. The van der Waals surface area contributed by atoms with Crippen LogP contribution in [-0.2, 0) is 9.53 Å². The van der Waals surface area contributed by atoms with Gasteiger partial charge in [0.15, 0.2) is 0 Å². The molecule has 0 radical (unpaired) electrons. The molecule has 2 aromatic rings. The van der Waals surface area contributed by atoms with E-state index in [0.29, 0.717) is 6.54 Å². The first kappa shape index (κ1) is 12.8. The zero-order valence-electron chi connectivity index (χ0n) is 10.1. The van der Waals surface area contributed by atoms with E-state index in [2.05, 4.69) is 15.8 Å². The lowest BCUT2D eigenvalue weighted by Gasteiger charge is -2.17. The van der Waals surface area contributed by atoms with Crippen LogP contribution in [0.25, 0.3) is 0 Å². The van der Waals surface area contributed by atoms with Gasteiger partial charge in [-0.25, -0.2) is 0 Å². The number of hydrogen-bond acceptors (Lipinski definition) is 4. The van der Waals surface area contributed by atoms with Gasteiger partial charge in [0.1, 0.15) is 6.61 Å². The van der Waals surface area contributed by atoms with Crippen molar-refractivity contribution in [1.29, 1.82) is 0 Å². The van der Waals surface area contributed by atoms with Gasteiger partial charge in [0, 0.05) is 26.0 Å². The monoisotopic (exact) mass is 265 g/mol. The Hall–Kier alpha value is -1.66. The summed E-state index contributed by atoms with van der Waals surface area (Å²) in [6.45, 7) is 0.579. The Bertz CT molecular complexity index is 433. The largest absolute Gasteiger partial charge is 0.375 e. The first-order chi connectivity index (χ1) is 8.81. The van der Waals surface area contributed by atoms with Crippen LogP contribution in [0.15, 0.2) is 35.3 Å². The number of rotatable bonds is 6. The Morgan fingerprint density at radius 2 is 2.56 bits per heavy atom. The van der Waals surface area contributed by atoms with Crippen LogP contribution >= 0.6 is 11.3 Å². The van der Waals surface area contributed by atoms with E-state index in [4.69, 9.17) is 4.74 Å². The molecule has 0 fully saturated rings. The number of nitrogens with zero attached hydrogens (tertiary/aromatic N) is 2. The fraction of sp³-hybridized carbons (Fsp3) is 0.333. The van der Waals surface area contributed by atoms with E-state index in [0.717, 1.165) is 5.56 Å². The van der Waals surface area contributed by atoms with Crippen LogP contribution in [0.2, 0.25) is 0 Å². The summed E-state index contributed by atoms with van der Waals surface area (Å²) < 4.78 is 6.63. The van der Waals surface area contributed by atoms with Crippen molar-refractivity contribution in [3.8, 4) is 0 Å². The second-order valence-electron chi connectivity index (χ2n) is 3.80. The van der Waals surface area contributed by atoms with Crippen LogP contribution in [0, 0.1) is 0 Å². The van der Waals surface area contributed by atoms with E-state index in [1.165, 1.54) is 7.11 Å². The molecule has 0 aliphatic carbocycles. The molecule has 1 amide bonds.